The van der Waals surface area contributed by atoms with E-state index in [1.165, 1.54) is 16.8 Å². The normalized spacial score (nSPS) is 10.5. The van der Waals surface area contributed by atoms with Crippen LogP contribution < -0.4 is 10.2 Å². The van der Waals surface area contributed by atoms with Crippen LogP contribution in [0.3, 0.4) is 0 Å². The molecular weight excluding hydrogens is 246 g/mol. The highest BCUT2D eigenvalue weighted by molar-refractivity contribution is 5.47. The summed E-state index contributed by atoms with van der Waals surface area (Å²) in [6, 6.07) is 12.9. The van der Waals surface area contributed by atoms with E-state index in [-0.39, 0.29) is 0 Å². The quantitative estimate of drug-likeness (QED) is 0.836. The van der Waals surface area contributed by atoms with Crippen molar-refractivity contribution < 1.29 is 0 Å². The summed E-state index contributed by atoms with van der Waals surface area (Å²) in [4.78, 5) is 6.38. The number of nitrogens with one attached hydrogen (secondary N) is 1. The standard InChI is InChI=1S/C17H23N3/c1-3-20(4-2)17-7-5-15(6-8-17)13-19-14-16-9-11-18-12-10-16/h5-12,19H,3-4,13-14H2,1-2H3. The lowest BCUT2D eigenvalue weighted by atomic mass is 10.2. The number of anilines is 1. The lowest BCUT2D eigenvalue weighted by Crippen LogP contribution is -2.21. The van der Waals surface area contributed by atoms with Crippen LogP contribution >= 0.6 is 0 Å². The van der Waals surface area contributed by atoms with Crippen LogP contribution in [-0.2, 0) is 13.1 Å². The van der Waals surface area contributed by atoms with E-state index in [4.69, 9.17) is 0 Å². The first-order valence-corrected chi connectivity index (χ1v) is 7.27. The number of rotatable bonds is 7. The number of benzene rings is 1. The zero-order chi connectivity index (χ0) is 14.2. The monoisotopic (exact) mass is 269 g/mol. The van der Waals surface area contributed by atoms with Crippen LogP contribution in [0.4, 0.5) is 5.69 Å². The molecule has 1 aromatic carbocycles. The van der Waals surface area contributed by atoms with Crippen molar-refractivity contribution in [3.05, 3.63) is 59.9 Å². The van der Waals surface area contributed by atoms with E-state index in [1.54, 1.807) is 0 Å². The molecular formula is C17H23N3. The van der Waals surface area contributed by atoms with E-state index < -0.39 is 0 Å². The number of pyridine rings is 1. The van der Waals surface area contributed by atoms with Crippen LogP contribution in [0, 0.1) is 0 Å². The molecule has 2 rings (SSSR count). The molecule has 0 saturated heterocycles. The van der Waals surface area contributed by atoms with Crippen LogP contribution in [0.25, 0.3) is 0 Å². The Balaban J connectivity index is 1.85. The molecule has 1 aromatic heterocycles. The molecule has 0 fully saturated rings. The zero-order valence-electron chi connectivity index (χ0n) is 12.3. The summed E-state index contributed by atoms with van der Waals surface area (Å²) in [6.45, 7) is 8.24. The van der Waals surface area contributed by atoms with Crippen molar-refractivity contribution in [2.24, 2.45) is 0 Å². The van der Waals surface area contributed by atoms with Gasteiger partial charge in [-0.05, 0) is 49.2 Å². The topological polar surface area (TPSA) is 28.2 Å². The highest BCUT2D eigenvalue weighted by atomic mass is 15.1. The molecule has 0 aliphatic carbocycles. The van der Waals surface area contributed by atoms with E-state index in [9.17, 15) is 0 Å². The van der Waals surface area contributed by atoms with Gasteiger partial charge in [0, 0.05) is 44.3 Å². The second kappa shape index (κ2) is 7.65. The maximum atomic E-state index is 4.02. The summed E-state index contributed by atoms with van der Waals surface area (Å²) in [5.41, 5.74) is 3.88. The Labute approximate surface area is 121 Å². The Morgan fingerprint density at radius 3 is 1.95 bits per heavy atom. The van der Waals surface area contributed by atoms with Gasteiger partial charge in [-0.15, -0.1) is 0 Å². The van der Waals surface area contributed by atoms with Gasteiger partial charge in [0.15, 0.2) is 0 Å². The Bertz CT molecular complexity index is 489. The highest BCUT2D eigenvalue weighted by Gasteiger charge is 2.01. The molecule has 20 heavy (non-hydrogen) atoms. The molecule has 0 atom stereocenters. The van der Waals surface area contributed by atoms with E-state index in [0.717, 1.165) is 26.2 Å². The van der Waals surface area contributed by atoms with Gasteiger partial charge in [0.2, 0.25) is 0 Å². The number of aromatic nitrogens is 1. The van der Waals surface area contributed by atoms with Gasteiger partial charge in [0.25, 0.3) is 0 Å². The van der Waals surface area contributed by atoms with Gasteiger partial charge in [0.05, 0.1) is 0 Å². The highest BCUT2D eigenvalue weighted by Crippen LogP contribution is 2.14. The molecule has 0 aliphatic heterocycles. The molecule has 2 aromatic rings. The molecule has 0 amide bonds. The van der Waals surface area contributed by atoms with Crippen molar-refractivity contribution in [1.29, 1.82) is 0 Å². The third-order valence-corrected chi connectivity index (χ3v) is 3.47. The van der Waals surface area contributed by atoms with Gasteiger partial charge in [-0.1, -0.05) is 12.1 Å². The average Bonchev–Trinajstić information content (AvgIpc) is 2.51. The molecule has 1 heterocycles. The first-order chi connectivity index (χ1) is 9.83. The summed E-state index contributed by atoms with van der Waals surface area (Å²) >= 11 is 0. The predicted molar refractivity (Wildman–Crippen MR) is 84.8 cm³/mol. The molecule has 0 spiro atoms. The molecule has 0 bridgehead atoms. The Morgan fingerprint density at radius 2 is 1.40 bits per heavy atom. The van der Waals surface area contributed by atoms with Crippen LogP contribution in [0.15, 0.2) is 48.8 Å². The minimum absolute atomic E-state index is 0.875. The largest absolute Gasteiger partial charge is 0.372 e. The van der Waals surface area contributed by atoms with Crippen molar-refractivity contribution in [2.45, 2.75) is 26.9 Å². The summed E-state index contributed by atoms with van der Waals surface area (Å²) in [5, 5.41) is 3.45. The predicted octanol–water partition coefficient (Wildman–Crippen LogP) is 3.22. The first kappa shape index (κ1) is 14.5. The number of nitrogens with zero attached hydrogens (tertiary/aromatic N) is 2. The Kier molecular flexibility index (Phi) is 5.56. The van der Waals surface area contributed by atoms with Crippen LogP contribution in [0.2, 0.25) is 0 Å². The molecule has 1 N–H and O–H groups in total. The van der Waals surface area contributed by atoms with Crippen LogP contribution in [0.1, 0.15) is 25.0 Å². The fourth-order valence-corrected chi connectivity index (χ4v) is 2.27. The van der Waals surface area contributed by atoms with Gasteiger partial charge in [-0.2, -0.15) is 0 Å². The Hall–Kier alpha value is -1.87. The van der Waals surface area contributed by atoms with E-state index in [2.05, 4.69) is 53.3 Å². The van der Waals surface area contributed by atoms with Gasteiger partial charge in [-0.3, -0.25) is 4.98 Å². The van der Waals surface area contributed by atoms with Crippen molar-refractivity contribution in [2.75, 3.05) is 18.0 Å². The van der Waals surface area contributed by atoms with Crippen LogP contribution in [0.5, 0.6) is 0 Å². The SMILES string of the molecule is CCN(CC)c1ccc(CNCc2ccncc2)cc1. The maximum absolute atomic E-state index is 4.02. The van der Waals surface area contributed by atoms with Gasteiger partial charge in [-0.25, -0.2) is 0 Å². The van der Waals surface area contributed by atoms with Gasteiger partial charge < -0.3 is 10.2 Å². The number of hydrogen-bond acceptors (Lipinski definition) is 3. The molecule has 3 nitrogen and oxygen atoms in total. The second-order valence-corrected chi connectivity index (χ2v) is 4.80. The van der Waals surface area contributed by atoms with E-state index in [1.807, 2.05) is 24.5 Å². The van der Waals surface area contributed by atoms with E-state index in [0.29, 0.717) is 0 Å². The van der Waals surface area contributed by atoms with Crippen molar-refractivity contribution in [1.82, 2.24) is 10.3 Å². The lowest BCUT2D eigenvalue weighted by Gasteiger charge is -2.21. The summed E-state index contributed by atoms with van der Waals surface area (Å²) in [7, 11) is 0. The minimum Gasteiger partial charge on any atom is -0.372 e. The van der Waals surface area contributed by atoms with Gasteiger partial charge in [0.1, 0.15) is 0 Å². The lowest BCUT2D eigenvalue weighted by molar-refractivity contribution is 0.692. The molecule has 0 radical (unpaired) electrons. The second-order valence-electron chi connectivity index (χ2n) is 4.80. The molecule has 106 valence electrons. The molecule has 3 heteroatoms. The maximum Gasteiger partial charge on any atom is 0.0366 e. The average molecular weight is 269 g/mol. The molecule has 0 unspecified atom stereocenters. The summed E-state index contributed by atoms with van der Waals surface area (Å²) < 4.78 is 0. The fourth-order valence-electron chi connectivity index (χ4n) is 2.27. The van der Waals surface area contributed by atoms with Crippen molar-refractivity contribution >= 4 is 5.69 Å². The molecule has 0 aliphatic rings. The van der Waals surface area contributed by atoms with Crippen molar-refractivity contribution in [3.63, 3.8) is 0 Å². The minimum atomic E-state index is 0.875. The zero-order valence-corrected chi connectivity index (χ0v) is 12.3. The fraction of sp³-hybridized carbons (Fsp3) is 0.353. The first-order valence-electron chi connectivity index (χ1n) is 7.27. The third kappa shape index (κ3) is 4.07. The smallest absolute Gasteiger partial charge is 0.0366 e. The van der Waals surface area contributed by atoms with E-state index >= 15 is 0 Å². The molecule has 0 saturated carbocycles. The van der Waals surface area contributed by atoms with Crippen LogP contribution in [-0.4, -0.2) is 18.1 Å². The van der Waals surface area contributed by atoms with Crippen molar-refractivity contribution in [3.8, 4) is 0 Å². The Morgan fingerprint density at radius 1 is 0.850 bits per heavy atom. The third-order valence-electron chi connectivity index (χ3n) is 3.47. The summed E-state index contributed by atoms with van der Waals surface area (Å²) in [5.74, 6) is 0. The number of hydrogen-bond donors (Lipinski definition) is 1. The summed E-state index contributed by atoms with van der Waals surface area (Å²) in [6.07, 6.45) is 3.66. The van der Waals surface area contributed by atoms with Gasteiger partial charge >= 0.3 is 0 Å².